The predicted molar refractivity (Wildman–Crippen MR) is 117 cm³/mol. The number of amides is 2. The van der Waals surface area contributed by atoms with Gasteiger partial charge in [-0.25, -0.2) is 0 Å². The number of carbonyl (C=O) groups is 2. The molecule has 1 aliphatic heterocycles. The number of benzene rings is 1. The van der Waals surface area contributed by atoms with Crippen LogP contribution in [0.3, 0.4) is 0 Å². The van der Waals surface area contributed by atoms with Crippen LogP contribution in [-0.2, 0) is 16.1 Å². The van der Waals surface area contributed by atoms with Crippen LogP contribution in [0, 0.1) is 34.5 Å². The highest BCUT2D eigenvalue weighted by Gasteiger charge is 2.60. The van der Waals surface area contributed by atoms with E-state index in [0.29, 0.717) is 24.3 Å². The number of hydrogen-bond donors (Lipinski definition) is 2. The maximum atomic E-state index is 13.2. The second-order valence-corrected chi connectivity index (χ2v) is 10.6. The molecule has 4 aliphatic rings. The minimum Gasteiger partial charge on any atom is -0.352 e. The summed E-state index contributed by atoms with van der Waals surface area (Å²) in [4.78, 5) is 25.1. The Bertz CT molecular complexity index is 865. The molecule has 3 fully saturated rings. The molecule has 3 aliphatic carbocycles. The Kier molecular flexibility index (Phi) is 4.79. The Hall–Kier alpha value is -2.10. The van der Waals surface area contributed by atoms with Gasteiger partial charge in [0.25, 0.3) is 0 Å². The van der Waals surface area contributed by atoms with E-state index in [1.54, 1.807) is 6.08 Å². The molecule has 1 aromatic carbocycles. The van der Waals surface area contributed by atoms with E-state index in [1.165, 1.54) is 6.42 Å². The summed E-state index contributed by atoms with van der Waals surface area (Å²) < 4.78 is 0. The molecule has 160 valence electrons. The van der Waals surface area contributed by atoms with Gasteiger partial charge in [0, 0.05) is 23.9 Å². The van der Waals surface area contributed by atoms with Crippen LogP contribution < -0.4 is 10.6 Å². The van der Waals surface area contributed by atoms with Gasteiger partial charge in [-0.2, -0.15) is 0 Å². The summed E-state index contributed by atoms with van der Waals surface area (Å²) in [5, 5.41) is 6.46. The topological polar surface area (TPSA) is 58.2 Å². The lowest BCUT2D eigenvalue weighted by molar-refractivity contribution is -0.134. The quantitative estimate of drug-likeness (QED) is 0.790. The first-order valence-corrected chi connectivity index (χ1v) is 11.7. The van der Waals surface area contributed by atoms with Gasteiger partial charge in [-0.05, 0) is 73.3 Å². The van der Waals surface area contributed by atoms with Crippen LogP contribution in [0.1, 0.15) is 57.9 Å². The summed E-state index contributed by atoms with van der Waals surface area (Å²) in [7, 11) is 0. The Morgan fingerprint density at radius 2 is 1.87 bits per heavy atom. The molecule has 4 nitrogen and oxygen atoms in total. The summed E-state index contributed by atoms with van der Waals surface area (Å²) in [6, 6.07) is 10.5. The number of rotatable bonds is 3. The molecule has 30 heavy (non-hydrogen) atoms. The normalized spacial score (nSPS) is 41.9. The van der Waals surface area contributed by atoms with Gasteiger partial charge in [0.1, 0.15) is 0 Å². The van der Waals surface area contributed by atoms with Crippen molar-refractivity contribution in [1.82, 2.24) is 10.6 Å². The molecular formula is C26H34N2O2. The van der Waals surface area contributed by atoms with E-state index in [2.05, 4.69) is 42.7 Å². The number of fused-ring (bicyclic) bond motifs is 5. The highest BCUT2D eigenvalue weighted by molar-refractivity contribution is 5.89. The molecule has 0 radical (unpaired) electrons. The molecule has 0 aromatic heterocycles. The second-order valence-electron chi connectivity index (χ2n) is 10.6. The summed E-state index contributed by atoms with van der Waals surface area (Å²) >= 11 is 0. The van der Waals surface area contributed by atoms with Crippen molar-refractivity contribution in [2.24, 2.45) is 34.5 Å². The zero-order valence-electron chi connectivity index (χ0n) is 18.2. The maximum absolute atomic E-state index is 13.2. The first-order valence-electron chi connectivity index (χ1n) is 11.7. The van der Waals surface area contributed by atoms with Crippen molar-refractivity contribution in [3.05, 3.63) is 48.0 Å². The third-order valence-electron chi connectivity index (χ3n) is 9.31. The van der Waals surface area contributed by atoms with Crippen LogP contribution in [0.5, 0.6) is 0 Å². The van der Waals surface area contributed by atoms with Gasteiger partial charge in [-0.3, -0.25) is 9.59 Å². The number of carbonyl (C=O) groups excluding carboxylic acids is 2. The molecule has 0 saturated heterocycles. The lowest BCUT2D eigenvalue weighted by Gasteiger charge is -2.58. The van der Waals surface area contributed by atoms with Crippen molar-refractivity contribution in [1.29, 1.82) is 0 Å². The van der Waals surface area contributed by atoms with Gasteiger partial charge >= 0.3 is 0 Å². The Morgan fingerprint density at radius 3 is 2.67 bits per heavy atom. The van der Waals surface area contributed by atoms with Crippen molar-refractivity contribution in [3.63, 3.8) is 0 Å². The second kappa shape index (κ2) is 7.25. The van der Waals surface area contributed by atoms with E-state index < -0.39 is 0 Å². The SMILES string of the molecule is C[C@]12CCC3C(CC[C@H]4NC(=O)C=C[C@]34C)C1CC[C@@H]2C(=O)NCc1ccccc1. The van der Waals surface area contributed by atoms with E-state index in [-0.39, 0.29) is 34.6 Å². The van der Waals surface area contributed by atoms with Gasteiger partial charge in [0.05, 0.1) is 0 Å². The Balaban J connectivity index is 1.32. The van der Waals surface area contributed by atoms with E-state index >= 15 is 0 Å². The Labute approximate surface area is 179 Å². The third kappa shape index (κ3) is 3.02. The van der Waals surface area contributed by atoms with Crippen LogP contribution >= 0.6 is 0 Å². The van der Waals surface area contributed by atoms with Gasteiger partial charge in [0.2, 0.25) is 11.8 Å². The molecule has 1 aromatic rings. The molecule has 1 heterocycles. The summed E-state index contributed by atoms with van der Waals surface area (Å²) in [6.45, 7) is 5.36. The van der Waals surface area contributed by atoms with E-state index in [0.717, 1.165) is 37.7 Å². The lowest BCUT2D eigenvalue weighted by Crippen LogP contribution is -2.59. The number of nitrogens with one attached hydrogen (secondary N) is 2. The smallest absolute Gasteiger partial charge is 0.243 e. The maximum Gasteiger partial charge on any atom is 0.243 e. The molecule has 2 N–H and O–H groups in total. The minimum atomic E-state index is 0.0613. The molecule has 0 bridgehead atoms. The fraction of sp³-hybridized carbons (Fsp3) is 0.615. The van der Waals surface area contributed by atoms with Crippen LogP contribution in [-0.4, -0.2) is 17.9 Å². The minimum absolute atomic E-state index is 0.0613. The van der Waals surface area contributed by atoms with Crippen LogP contribution in [0.25, 0.3) is 0 Å². The summed E-state index contributed by atoms with van der Waals surface area (Å²) in [5.41, 5.74) is 1.32. The van der Waals surface area contributed by atoms with Gasteiger partial charge in [0.15, 0.2) is 0 Å². The van der Waals surface area contributed by atoms with Crippen LogP contribution in [0.15, 0.2) is 42.5 Å². The third-order valence-corrected chi connectivity index (χ3v) is 9.31. The van der Waals surface area contributed by atoms with Gasteiger partial charge in [-0.1, -0.05) is 50.3 Å². The highest BCUT2D eigenvalue weighted by Crippen LogP contribution is 2.64. The van der Waals surface area contributed by atoms with Crippen molar-refractivity contribution in [2.75, 3.05) is 0 Å². The summed E-state index contributed by atoms with van der Waals surface area (Å²) in [6.07, 6.45) is 10.6. The van der Waals surface area contributed by atoms with Crippen molar-refractivity contribution in [2.45, 2.75) is 65.0 Å². The van der Waals surface area contributed by atoms with Gasteiger partial charge in [-0.15, -0.1) is 0 Å². The molecule has 3 unspecified atom stereocenters. The zero-order chi connectivity index (χ0) is 20.9. The monoisotopic (exact) mass is 406 g/mol. The predicted octanol–water partition coefficient (Wildman–Crippen LogP) is 4.22. The lowest BCUT2D eigenvalue weighted by atomic mass is 9.48. The van der Waals surface area contributed by atoms with Crippen LogP contribution in [0.2, 0.25) is 0 Å². The molecule has 2 amide bonds. The molecule has 4 heteroatoms. The van der Waals surface area contributed by atoms with Gasteiger partial charge < -0.3 is 10.6 Å². The largest absolute Gasteiger partial charge is 0.352 e. The average Bonchev–Trinajstić information content (AvgIpc) is 3.10. The zero-order valence-corrected chi connectivity index (χ0v) is 18.2. The first-order chi connectivity index (χ1) is 14.4. The highest BCUT2D eigenvalue weighted by atomic mass is 16.2. The molecule has 7 atom stereocenters. The molecular weight excluding hydrogens is 372 g/mol. The molecule has 3 saturated carbocycles. The van der Waals surface area contributed by atoms with E-state index in [1.807, 2.05) is 18.2 Å². The fourth-order valence-electron chi connectivity index (χ4n) is 7.67. The Morgan fingerprint density at radius 1 is 1.07 bits per heavy atom. The van der Waals surface area contributed by atoms with Crippen molar-refractivity contribution >= 4 is 11.8 Å². The molecule has 0 spiro atoms. The fourth-order valence-corrected chi connectivity index (χ4v) is 7.67. The molecule has 5 rings (SSSR count). The van der Waals surface area contributed by atoms with Crippen molar-refractivity contribution < 1.29 is 9.59 Å². The first kappa shape index (κ1) is 19.8. The van der Waals surface area contributed by atoms with Crippen LogP contribution in [0.4, 0.5) is 0 Å². The van der Waals surface area contributed by atoms with E-state index in [4.69, 9.17) is 0 Å². The average molecular weight is 407 g/mol. The standard InChI is InChI=1S/C26H34N2O2/c1-25-14-12-20-18(8-11-22-26(20,2)15-13-23(29)28-22)19(25)9-10-21(25)24(30)27-16-17-6-4-3-5-7-17/h3-7,13,15,18-22H,8-12,14,16H2,1-2H3,(H,27,30)(H,28,29)/t18?,19?,20?,21-,22-,25+,26-/m1/s1. The summed E-state index contributed by atoms with van der Waals surface area (Å²) in [5.74, 6) is 2.32. The van der Waals surface area contributed by atoms with Crippen molar-refractivity contribution in [3.8, 4) is 0 Å². The van der Waals surface area contributed by atoms with E-state index in [9.17, 15) is 9.59 Å². The number of hydrogen-bond acceptors (Lipinski definition) is 2.